The Hall–Kier alpha value is -1.87. The van der Waals surface area contributed by atoms with Crippen molar-refractivity contribution in [3.63, 3.8) is 0 Å². The van der Waals surface area contributed by atoms with Crippen molar-refractivity contribution in [3.8, 4) is 0 Å². The van der Waals surface area contributed by atoms with E-state index in [0.29, 0.717) is 12.8 Å². The third kappa shape index (κ3) is 3.24. The van der Waals surface area contributed by atoms with E-state index in [4.69, 9.17) is 4.74 Å². The Morgan fingerprint density at radius 3 is 2.81 bits per heavy atom. The molecule has 2 aromatic carbocycles. The first kappa shape index (κ1) is 14.1. The Bertz CT molecular complexity index is 624. The minimum Gasteiger partial charge on any atom is -0.481 e. The van der Waals surface area contributed by atoms with Crippen molar-refractivity contribution in [2.75, 3.05) is 6.61 Å². The second-order valence-electron chi connectivity index (χ2n) is 5.75. The molecule has 2 atom stereocenters. The lowest BCUT2D eigenvalue weighted by atomic mass is 9.90. The summed E-state index contributed by atoms with van der Waals surface area (Å²) in [6.07, 6.45) is 3.32. The van der Waals surface area contributed by atoms with Crippen LogP contribution in [0.3, 0.4) is 0 Å². The van der Waals surface area contributed by atoms with Crippen LogP contribution in [0.15, 0.2) is 42.5 Å². The molecule has 1 heterocycles. The molecule has 3 heteroatoms. The van der Waals surface area contributed by atoms with Crippen LogP contribution in [0.25, 0.3) is 10.8 Å². The Balaban J connectivity index is 1.82. The van der Waals surface area contributed by atoms with Crippen molar-refractivity contribution >= 4 is 16.7 Å². The highest BCUT2D eigenvalue weighted by Gasteiger charge is 2.26. The Morgan fingerprint density at radius 2 is 2.05 bits per heavy atom. The van der Waals surface area contributed by atoms with Gasteiger partial charge in [0.2, 0.25) is 0 Å². The molecule has 0 aliphatic carbocycles. The van der Waals surface area contributed by atoms with Crippen LogP contribution in [0.5, 0.6) is 0 Å². The lowest BCUT2D eigenvalue weighted by Gasteiger charge is -2.17. The fourth-order valence-electron chi connectivity index (χ4n) is 3.15. The third-order valence-corrected chi connectivity index (χ3v) is 4.27. The van der Waals surface area contributed by atoms with Gasteiger partial charge < -0.3 is 9.84 Å². The molecule has 1 aliphatic heterocycles. The van der Waals surface area contributed by atoms with Gasteiger partial charge in [0.15, 0.2) is 0 Å². The molecule has 0 aromatic heterocycles. The zero-order valence-electron chi connectivity index (χ0n) is 12.0. The average molecular weight is 284 g/mol. The topological polar surface area (TPSA) is 46.5 Å². The number of hydrogen-bond acceptors (Lipinski definition) is 2. The summed E-state index contributed by atoms with van der Waals surface area (Å²) in [6.45, 7) is 0.769. The largest absolute Gasteiger partial charge is 0.481 e. The molecule has 0 spiro atoms. The van der Waals surface area contributed by atoms with Gasteiger partial charge in [0.25, 0.3) is 0 Å². The van der Waals surface area contributed by atoms with Gasteiger partial charge in [0, 0.05) is 6.61 Å². The molecular weight excluding hydrogens is 264 g/mol. The van der Waals surface area contributed by atoms with Crippen LogP contribution in [-0.2, 0) is 16.0 Å². The normalized spacial score (nSPS) is 19.7. The molecule has 0 radical (unpaired) electrons. The SMILES string of the molecule is O=C(O)C(Cc1cccc2ccccc12)C[C@H]1CCCO1. The highest BCUT2D eigenvalue weighted by atomic mass is 16.5. The van der Waals surface area contributed by atoms with E-state index in [9.17, 15) is 9.90 Å². The average Bonchev–Trinajstić information content (AvgIpc) is 3.00. The lowest BCUT2D eigenvalue weighted by molar-refractivity contribution is -0.142. The summed E-state index contributed by atoms with van der Waals surface area (Å²) in [6, 6.07) is 14.2. The lowest BCUT2D eigenvalue weighted by Crippen LogP contribution is -2.22. The van der Waals surface area contributed by atoms with Crippen LogP contribution in [0.4, 0.5) is 0 Å². The molecule has 3 nitrogen and oxygen atoms in total. The van der Waals surface area contributed by atoms with E-state index in [2.05, 4.69) is 18.2 Å². The summed E-state index contributed by atoms with van der Waals surface area (Å²) in [5.74, 6) is -1.10. The second kappa shape index (κ2) is 6.27. The van der Waals surface area contributed by atoms with Crippen LogP contribution in [-0.4, -0.2) is 23.8 Å². The molecule has 110 valence electrons. The van der Waals surface area contributed by atoms with Gasteiger partial charge in [-0.25, -0.2) is 0 Å². The van der Waals surface area contributed by atoms with Gasteiger partial charge in [0.05, 0.1) is 12.0 Å². The number of ether oxygens (including phenoxy) is 1. The first-order valence-corrected chi connectivity index (χ1v) is 7.55. The summed E-state index contributed by atoms with van der Waals surface area (Å²) in [4.78, 5) is 11.6. The van der Waals surface area contributed by atoms with E-state index in [-0.39, 0.29) is 12.0 Å². The Labute approximate surface area is 124 Å². The quantitative estimate of drug-likeness (QED) is 0.911. The van der Waals surface area contributed by atoms with Crippen LogP contribution >= 0.6 is 0 Å². The molecule has 2 aromatic rings. The standard InChI is InChI=1S/C18H20O3/c19-18(20)15(12-16-8-4-10-21-16)11-14-7-3-6-13-5-1-2-9-17(13)14/h1-3,5-7,9,15-16H,4,8,10-12H2,(H,19,20)/t15?,16-/m1/s1. The first-order valence-electron chi connectivity index (χ1n) is 7.55. The second-order valence-corrected chi connectivity index (χ2v) is 5.75. The maximum Gasteiger partial charge on any atom is 0.306 e. The number of hydrogen-bond donors (Lipinski definition) is 1. The first-order chi connectivity index (χ1) is 10.2. The van der Waals surface area contributed by atoms with E-state index in [1.165, 1.54) is 0 Å². The molecule has 1 unspecified atom stereocenters. The summed E-state index contributed by atoms with van der Waals surface area (Å²) in [7, 11) is 0. The minimum absolute atomic E-state index is 0.112. The maximum atomic E-state index is 11.6. The molecule has 3 rings (SSSR count). The Kier molecular flexibility index (Phi) is 4.20. The molecule has 0 bridgehead atoms. The van der Waals surface area contributed by atoms with Crippen molar-refractivity contribution < 1.29 is 14.6 Å². The summed E-state index contributed by atoms with van der Waals surface area (Å²) >= 11 is 0. The molecule has 1 saturated heterocycles. The van der Waals surface area contributed by atoms with Gasteiger partial charge in [-0.15, -0.1) is 0 Å². The fraction of sp³-hybridized carbons (Fsp3) is 0.389. The van der Waals surface area contributed by atoms with E-state index in [0.717, 1.165) is 35.8 Å². The molecule has 0 saturated carbocycles. The molecule has 1 aliphatic rings. The fourth-order valence-corrected chi connectivity index (χ4v) is 3.15. The number of aliphatic carboxylic acids is 1. The van der Waals surface area contributed by atoms with Crippen molar-refractivity contribution in [2.24, 2.45) is 5.92 Å². The van der Waals surface area contributed by atoms with E-state index in [1.807, 2.05) is 24.3 Å². The summed E-state index contributed by atoms with van der Waals surface area (Å²) in [5, 5.41) is 11.8. The number of rotatable bonds is 5. The third-order valence-electron chi connectivity index (χ3n) is 4.27. The monoisotopic (exact) mass is 284 g/mol. The minimum atomic E-state index is -0.724. The molecule has 0 amide bonds. The maximum absolute atomic E-state index is 11.6. The van der Waals surface area contributed by atoms with Gasteiger partial charge in [0.1, 0.15) is 0 Å². The van der Waals surface area contributed by atoms with Gasteiger partial charge in [-0.1, -0.05) is 42.5 Å². The van der Waals surface area contributed by atoms with E-state index < -0.39 is 5.97 Å². The number of carbonyl (C=O) groups is 1. The van der Waals surface area contributed by atoms with Crippen molar-refractivity contribution in [2.45, 2.75) is 31.8 Å². The molecule has 1 N–H and O–H groups in total. The zero-order valence-corrected chi connectivity index (χ0v) is 12.0. The van der Waals surface area contributed by atoms with E-state index >= 15 is 0 Å². The van der Waals surface area contributed by atoms with Crippen LogP contribution in [0, 0.1) is 5.92 Å². The van der Waals surface area contributed by atoms with Crippen LogP contribution in [0.1, 0.15) is 24.8 Å². The van der Waals surface area contributed by atoms with Crippen LogP contribution in [0.2, 0.25) is 0 Å². The van der Waals surface area contributed by atoms with Crippen molar-refractivity contribution in [3.05, 3.63) is 48.0 Å². The van der Waals surface area contributed by atoms with Gasteiger partial charge >= 0.3 is 5.97 Å². The Morgan fingerprint density at radius 1 is 1.24 bits per heavy atom. The smallest absolute Gasteiger partial charge is 0.306 e. The molecule has 21 heavy (non-hydrogen) atoms. The van der Waals surface area contributed by atoms with Gasteiger partial charge in [-0.05, 0) is 42.0 Å². The number of carboxylic acid groups (broad SMARTS) is 1. The number of benzene rings is 2. The number of fused-ring (bicyclic) bond motifs is 1. The zero-order chi connectivity index (χ0) is 14.7. The molecular formula is C18H20O3. The summed E-state index contributed by atoms with van der Waals surface area (Å²) < 4.78 is 5.60. The number of carboxylic acids is 1. The summed E-state index contributed by atoms with van der Waals surface area (Å²) in [5.41, 5.74) is 1.11. The van der Waals surface area contributed by atoms with Crippen LogP contribution < -0.4 is 0 Å². The van der Waals surface area contributed by atoms with Crippen molar-refractivity contribution in [1.82, 2.24) is 0 Å². The van der Waals surface area contributed by atoms with Gasteiger partial charge in [-0.3, -0.25) is 4.79 Å². The highest BCUT2D eigenvalue weighted by Crippen LogP contribution is 2.26. The predicted molar refractivity (Wildman–Crippen MR) is 82.4 cm³/mol. The highest BCUT2D eigenvalue weighted by molar-refractivity contribution is 5.86. The predicted octanol–water partition coefficient (Wildman–Crippen LogP) is 3.65. The van der Waals surface area contributed by atoms with E-state index in [1.54, 1.807) is 0 Å². The van der Waals surface area contributed by atoms with Gasteiger partial charge in [-0.2, -0.15) is 0 Å². The molecule has 1 fully saturated rings. The van der Waals surface area contributed by atoms with Crippen molar-refractivity contribution in [1.29, 1.82) is 0 Å².